The number of carbonyl (C=O) groups is 1. The van der Waals surface area contributed by atoms with Crippen molar-refractivity contribution >= 4 is 21.8 Å². The van der Waals surface area contributed by atoms with E-state index in [1.807, 2.05) is 35.2 Å². The minimum absolute atomic E-state index is 0.0152. The predicted octanol–water partition coefficient (Wildman–Crippen LogP) is 5.27. The van der Waals surface area contributed by atoms with Gasteiger partial charge < -0.3 is 14.1 Å². The Morgan fingerprint density at radius 3 is 2.48 bits per heavy atom. The number of furan rings is 1. The van der Waals surface area contributed by atoms with Crippen molar-refractivity contribution in [2.45, 2.75) is 52.3 Å². The lowest BCUT2D eigenvalue weighted by Gasteiger charge is -2.31. The van der Waals surface area contributed by atoms with Crippen molar-refractivity contribution in [1.29, 1.82) is 0 Å². The summed E-state index contributed by atoms with van der Waals surface area (Å²) in [6, 6.07) is 11.8. The molecule has 134 valence electrons. The molecule has 0 aliphatic heterocycles. The standard InChI is InChI=1S/C20H24BrNO3/c1-13(2)14(3)22(16-6-7-16)20(23)19-11-10-18(25-19)12-24-17-8-4-15(21)5-9-17/h4-5,8-11,13-14,16H,6-7,12H2,1-3H3. The highest BCUT2D eigenvalue weighted by Crippen LogP contribution is 2.32. The fourth-order valence-electron chi connectivity index (χ4n) is 2.74. The maximum absolute atomic E-state index is 12.9. The Kier molecular flexibility index (Phi) is 5.52. The molecule has 1 aromatic carbocycles. The predicted molar refractivity (Wildman–Crippen MR) is 101 cm³/mol. The van der Waals surface area contributed by atoms with Gasteiger partial charge in [0, 0.05) is 16.6 Å². The third-order valence-corrected chi connectivity index (χ3v) is 5.17. The van der Waals surface area contributed by atoms with Crippen LogP contribution in [0.15, 0.2) is 45.3 Å². The Hall–Kier alpha value is -1.75. The molecule has 25 heavy (non-hydrogen) atoms. The van der Waals surface area contributed by atoms with Gasteiger partial charge in [-0.25, -0.2) is 0 Å². The zero-order valence-corrected chi connectivity index (χ0v) is 16.5. The van der Waals surface area contributed by atoms with Gasteiger partial charge in [-0.2, -0.15) is 0 Å². The molecule has 0 saturated heterocycles. The monoisotopic (exact) mass is 405 g/mol. The van der Waals surface area contributed by atoms with Gasteiger partial charge in [0.2, 0.25) is 0 Å². The smallest absolute Gasteiger partial charge is 0.290 e. The number of nitrogens with zero attached hydrogens (tertiary/aromatic N) is 1. The molecule has 1 heterocycles. The van der Waals surface area contributed by atoms with E-state index >= 15 is 0 Å². The summed E-state index contributed by atoms with van der Waals surface area (Å²) in [6.07, 6.45) is 2.17. The maximum atomic E-state index is 12.9. The summed E-state index contributed by atoms with van der Waals surface area (Å²) in [5.74, 6) is 2.21. The summed E-state index contributed by atoms with van der Waals surface area (Å²) in [5.41, 5.74) is 0. The summed E-state index contributed by atoms with van der Waals surface area (Å²) in [7, 11) is 0. The molecule has 1 aliphatic rings. The van der Waals surface area contributed by atoms with E-state index in [2.05, 4.69) is 36.7 Å². The Balaban J connectivity index is 1.65. The number of carbonyl (C=O) groups excluding carboxylic acids is 1. The van der Waals surface area contributed by atoms with Crippen LogP contribution in [0.1, 0.15) is 49.9 Å². The molecular formula is C20H24BrNO3. The van der Waals surface area contributed by atoms with Crippen molar-refractivity contribution in [1.82, 2.24) is 4.90 Å². The second-order valence-corrected chi connectivity index (χ2v) is 7.85. The molecule has 1 atom stereocenters. The Labute approximate surface area is 157 Å². The molecule has 2 aromatic rings. The molecule has 0 radical (unpaired) electrons. The van der Waals surface area contributed by atoms with Crippen molar-refractivity contribution in [3.05, 3.63) is 52.4 Å². The normalized spacial score (nSPS) is 15.2. The van der Waals surface area contributed by atoms with Crippen LogP contribution in [0.2, 0.25) is 0 Å². The molecule has 0 N–H and O–H groups in total. The first-order chi connectivity index (χ1) is 12.0. The number of rotatable bonds is 7. The van der Waals surface area contributed by atoms with Gasteiger partial charge in [0.1, 0.15) is 18.1 Å². The summed E-state index contributed by atoms with van der Waals surface area (Å²) in [4.78, 5) is 14.9. The second kappa shape index (κ2) is 7.65. The Bertz CT molecular complexity index is 719. The van der Waals surface area contributed by atoms with E-state index in [0.29, 0.717) is 30.1 Å². The van der Waals surface area contributed by atoms with Crippen molar-refractivity contribution in [2.24, 2.45) is 5.92 Å². The van der Waals surface area contributed by atoms with Crippen LogP contribution in [0.4, 0.5) is 0 Å². The number of hydrogen-bond donors (Lipinski definition) is 0. The van der Waals surface area contributed by atoms with Gasteiger partial charge in [-0.15, -0.1) is 0 Å². The molecular weight excluding hydrogens is 382 g/mol. The quantitative estimate of drug-likeness (QED) is 0.629. The van der Waals surface area contributed by atoms with Crippen LogP contribution in [0.5, 0.6) is 5.75 Å². The molecule has 4 nitrogen and oxygen atoms in total. The molecule has 1 aliphatic carbocycles. The topological polar surface area (TPSA) is 42.7 Å². The molecule has 1 amide bonds. The van der Waals surface area contributed by atoms with Crippen LogP contribution in [0.25, 0.3) is 0 Å². The van der Waals surface area contributed by atoms with E-state index in [1.54, 1.807) is 6.07 Å². The van der Waals surface area contributed by atoms with Gasteiger partial charge in [0.05, 0.1) is 0 Å². The van der Waals surface area contributed by atoms with E-state index in [9.17, 15) is 4.79 Å². The third-order valence-electron chi connectivity index (χ3n) is 4.65. The van der Waals surface area contributed by atoms with Gasteiger partial charge >= 0.3 is 0 Å². The van der Waals surface area contributed by atoms with Gasteiger partial charge in [-0.3, -0.25) is 4.79 Å². The molecule has 1 aromatic heterocycles. The van der Waals surface area contributed by atoms with Gasteiger partial charge in [0.25, 0.3) is 5.91 Å². The fourth-order valence-corrected chi connectivity index (χ4v) is 3.00. The maximum Gasteiger partial charge on any atom is 0.290 e. The molecule has 1 fully saturated rings. The third kappa shape index (κ3) is 4.46. The van der Waals surface area contributed by atoms with Crippen molar-refractivity contribution in [3.63, 3.8) is 0 Å². The highest BCUT2D eigenvalue weighted by atomic mass is 79.9. The molecule has 1 saturated carbocycles. The van der Waals surface area contributed by atoms with Crippen molar-refractivity contribution in [3.8, 4) is 5.75 Å². The number of amides is 1. The largest absolute Gasteiger partial charge is 0.486 e. The molecule has 0 spiro atoms. The van der Waals surface area contributed by atoms with Crippen LogP contribution in [-0.2, 0) is 6.61 Å². The number of ether oxygens (including phenoxy) is 1. The molecule has 3 rings (SSSR count). The number of benzene rings is 1. The SMILES string of the molecule is CC(C)C(C)N(C(=O)c1ccc(COc2ccc(Br)cc2)o1)C1CC1. The summed E-state index contributed by atoms with van der Waals surface area (Å²) in [5, 5.41) is 0. The highest BCUT2D eigenvalue weighted by Gasteiger charge is 2.38. The minimum atomic E-state index is -0.0152. The minimum Gasteiger partial charge on any atom is -0.486 e. The van der Waals surface area contributed by atoms with Crippen molar-refractivity contribution in [2.75, 3.05) is 0 Å². The molecule has 1 unspecified atom stereocenters. The average molecular weight is 406 g/mol. The summed E-state index contributed by atoms with van der Waals surface area (Å²) < 4.78 is 12.5. The number of halogens is 1. The van der Waals surface area contributed by atoms with E-state index in [1.165, 1.54) is 0 Å². The van der Waals surface area contributed by atoms with Crippen molar-refractivity contribution < 1.29 is 13.9 Å². The first kappa shape index (κ1) is 18.1. The Morgan fingerprint density at radius 2 is 1.88 bits per heavy atom. The number of hydrogen-bond acceptors (Lipinski definition) is 3. The van der Waals surface area contributed by atoms with Crippen LogP contribution < -0.4 is 4.74 Å². The highest BCUT2D eigenvalue weighted by molar-refractivity contribution is 9.10. The van der Waals surface area contributed by atoms with E-state index in [-0.39, 0.29) is 11.9 Å². The van der Waals surface area contributed by atoms with E-state index in [4.69, 9.17) is 9.15 Å². The lowest BCUT2D eigenvalue weighted by molar-refractivity contribution is 0.0591. The van der Waals surface area contributed by atoms with Gasteiger partial charge in [-0.1, -0.05) is 29.8 Å². The lowest BCUT2D eigenvalue weighted by Crippen LogP contribution is -2.42. The van der Waals surface area contributed by atoms with Crippen LogP contribution in [0.3, 0.4) is 0 Å². The zero-order valence-electron chi connectivity index (χ0n) is 14.9. The average Bonchev–Trinajstić information content (AvgIpc) is 3.30. The van der Waals surface area contributed by atoms with Crippen LogP contribution >= 0.6 is 15.9 Å². The van der Waals surface area contributed by atoms with E-state index < -0.39 is 0 Å². The first-order valence-electron chi connectivity index (χ1n) is 8.75. The Morgan fingerprint density at radius 1 is 1.20 bits per heavy atom. The second-order valence-electron chi connectivity index (χ2n) is 6.94. The molecule has 0 bridgehead atoms. The van der Waals surface area contributed by atoms with Gasteiger partial charge in [0.15, 0.2) is 5.76 Å². The van der Waals surface area contributed by atoms with Crippen LogP contribution in [-0.4, -0.2) is 22.9 Å². The lowest BCUT2D eigenvalue weighted by atomic mass is 10.0. The van der Waals surface area contributed by atoms with Gasteiger partial charge in [-0.05, 0) is 62.1 Å². The fraction of sp³-hybridized carbons (Fsp3) is 0.450. The first-order valence-corrected chi connectivity index (χ1v) is 9.54. The zero-order chi connectivity index (χ0) is 18.0. The summed E-state index contributed by atoms with van der Waals surface area (Å²) in [6.45, 7) is 6.71. The van der Waals surface area contributed by atoms with E-state index in [0.717, 1.165) is 23.1 Å². The molecule has 5 heteroatoms. The summed E-state index contributed by atoms with van der Waals surface area (Å²) >= 11 is 3.40. The van der Waals surface area contributed by atoms with Crippen LogP contribution in [0, 0.1) is 5.92 Å².